The Morgan fingerprint density at radius 1 is 1.33 bits per heavy atom. The third kappa shape index (κ3) is 1.45. The number of carbonyl (C=O) groups excluding carboxylic acids is 3. The highest BCUT2D eigenvalue weighted by atomic mass is 16.5. The Morgan fingerprint density at radius 3 is 2.67 bits per heavy atom. The Morgan fingerprint density at radius 2 is 2.00 bits per heavy atom. The van der Waals surface area contributed by atoms with Gasteiger partial charge in [-0.1, -0.05) is 0 Å². The van der Waals surface area contributed by atoms with E-state index in [-0.39, 0.29) is 29.0 Å². The Kier molecular flexibility index (Phi) is 2.14. The number of allylic oxidation sites excluding steroid dienone is 3. The van der Waals surface area contributed by atoms with Gasteiger partial charge in [0.1, 0.15) is 6.10 Å². The van der Waals surface area contributed by atoms with Gasteiger partial charge in [-0.15, -0.1) is 0 Å². The predicted molar refractivity (Wildman–Crippen MR) is 50.6 cm³/mol. The molecule has 1 aliphatic carbocycles. The maximum atomic E-state index is 11.5. The first-order chi connectivity index (χ1) is 7.13. The van der Waals surface area contributed by atoms with Crippen LogP contribution in [0.15, 0.2) is 29.1 Å². The zero-order valence-corrected chi connectivity index (χ0v) is 8.07. The molecule has 1 aliphatic heterocycles. The Labute approximate surface area is 85.9 Å². The molecular weight excluding hydrogens is 196 g/mol. The van der Waals surface area contributed by atoms with Crippen LogP contribution in [-0.4, -0.2) is 23.6 Å². The SMILES string of the molecule is CC1CC2=C(C(=O)C=CC2=O)C(=C=O)O1. The van der Waals surface area contributed by atoms with Crippen LogP contribution < -0.4 is 0 Å². The molecule has 0 saturated carbocycles. The number of ketones is 2. The summed E-state index contributed by atoms with van der Waals surface area (Å²) in [5, 5.41) is 0. The third-order valence-corrected chi connectivity index (χ3v) is 2.36. The van der Waals surface area contributed by atoms with Gasteiger partial charge >= 0.3 is 0 Å². The fraction of sp³-hybridized carbons (Fsp3) is 0.273. The van der Waals surface area contributed by atoms with Gasteiger partial charge in [-0.2, -0.15) is 0 Å². The molecule has 0 aromatic rings. The van der Waals surface area contributed by atoms with E-state index >= 15 is 0 Å². The molecule has 0 radical (unpaired) electrons. The van der Waals surface area contributed by atoms with Gasteiger partial charge in [0.05, 0.1) is 5.57 Å². The van der Waals surface area contributed by atoms with Crippen LogP contribution >= 0.6 is 0 Å². The molecule has 0 fully saturated rings. The lowest BCUT2D eigenvalue weighted by Crippen LogP contribution is -2.27. The molecule has 1 atom stereocenters. The first kappa shape index (κ1) is 9.62. The Bertz CT molecular complexity index is 461. The summed E-state index contributed by atoms with van der Waals surface area (Å²) in [6.45, 7) is 1.73. The number of hydrogen-bond donors (Lipinski definition) is 0. The molecule has 0 aromatic carbocycles. The molecule has 4 nitrogen and oxygen atoms in total. The lowest BCUT2D eigenvalue weighted by Gasteiger charge is -2.25. The zero-order chi connectivity index (χ0) is 11.0. The molecule has 0 bridgehead atoms. The van der Waals surface area contributed by atoms with Crippen molar-refractivity contribution in [1.29, 1.82) is 0 Å². The standard InChI is InChI=1S/C11H8O4/c1-6-4-7-8(13)2-3-9(14)11(7)10(5-12)15-6/h2-3,6H,4H2,1H3. The van der Waals surface area contributed by atoms with E-state index in [4.69, 9.17) is 4.74 Å². The van der Waals surface area contributed by atoms with Crippen LogP contribution in [0.3, 0.4) is 0 Å². The highest BCUT2D eigenvalue weighted by Crippen LogP contribution is 2.30. The van der Waals surface area contributed by atoms with Crippen LogP contribution in [0.1, 0.15) is 13.3 Å². The van der Waals surface area contributed by atoms with Crippen molar-refractivity contribution < 1.29 is 19.1 Å². The van der Waals surface area contributed by atoms with Crippen molar-refractivity contribution in [2.75, 3.05) is 0 Å². The van der Waals surface area contributed by atoms with Crippen LogP contribution in [-0.2, 0) is 19.1 Å². The summed E-state index contributed by atoms with van der Waals surface area (Å²) in [4.78, 5) is 33.6. The number of hydrogen-bond acceptors (Lipinski definition) is 4. The van der Waals surface area contributed by atoms with Crippen LogP contribution in [0.5, 0.6) is 0 Å². The second-order valence-electron chi connectivity index (χ2n) is 3.48. The second-order valence-corrected chi connectivity index (χ2v) is 3.48. The molecule has 1 heterocycles. The van der Waals surface area contributed by atoms with E-state index in [0.717, 1.165) is 6.08 Å². The zero-order valence-electron chi connectivity index (χ0n) is 8.07. The lowest BCUT2D eigenvalue weighted by molar-refractivity contribution is -0.116. The van der Waals surface area contributed by atoms with Crippen LogP contribution in [0.4, 0.5) is 0 Å². The van der Waals surface area contributed by atoms with Gasteiger partial charge in [0.15, 0.2) is 17.5 Å². The van der Waals surface area contributed by atoms with E-state index in [2.05, 4.69) is 0 Å². The van der Waals surface area contributed by atoms with E-state index in [9.17, 15) is 14.4 Å². The van der Waals surface area contributed by atoms with E-state index < -0.39 is 0 Å². The van der Waals surface area contributed by atoms with Gasteiger partial charge in [0, 0.05) is 12.0 Å². The topological polar surface area (TPSA) is 60.4 Å². The van der Waals surface area contributed by atoms with Crippen molar-refractivity contribution >= 4 is 17.5 Å². The minimum atomic E-state index is -0.366. The molecule has 4 heteroatoms. The molecule has 0 spiro atoms. The maximum Gasteiger partial charge on any atom is 0.215 e. The van der Waals surface area contributed by atoms with Gasteiger partial charge in [0.25, 0.3) is 0 Å². The molecule has 15 heavy (non-hydrogen) atoms. The molecule has 0 N–H and O–H groups in total. The first-order valence-corrected chi connectivity index (χ1v) is 4.55. The number of ether oxygens (including phenoxy) is 1. The van der Waals surface area contributed by atoms with Crippen molar-refractivity contribution in [3.63, 3.8) is 0 Å². The van der Waals surface area contributed by atoms with Crippen LogP contribution in [0.2, 0.25) is 0 Å². The van der Waals surface area contributed by atoms with Crippen molar-refractivity contribution in [3.8, 4) is 0 Å². The summed E-state index contributed by atoms with van der Waals surface area (Å²) < 4.78 is 5.15. The van der Waals surface area contributed by atoms with E-state index in [0.29, 0.717) is 12.0 Å². The summed E-state index contributed by atoms with van der Waals surface area (Å²) in [6, 6.07) is 0. The smallest absolute Gasteiger partial charge is 0.215 e. The van der Waals surface area contributed by atoms with Gasteiger partial charge < -0.3 is 4.74 Å². The molecular formula is C11H8O4. The van der Waals surface area contributed by atoms with E-state index in [1.807, 2.05) is 0 Å². The second kappa shape index (κ2) is 3.33. The molecule has 2 aliphatic rings. The summed E-state index contributed by atoms with van der Waals surface area (Å²) in [6.07, 6.45) is 2.46. The van der Waals surface area contributed by atoms with E-state index in [1.165, 1.54) is 6.08 Å². The lowest BCUT2D eigenvalue weighted by atomic mass is 9.88. The minimum Gasteiger partial charge on any atom is -0.479 e. The van der Waals surface area contributed by atoms with E-state index in [1.54, 1.807) is 12.9 Å². The Hall–Kier alpha value is -1.93. The molecule has 76 valence electrons. The highest BCUT2D eigenvalue weighted by molar-refractivity contribution is 6.22. The predicted octanol–water partition coefficient (Wildman–Crippen LogP) is 0.515. The van der Waals surface area contributed by atoms with Gasteiger partial charge in [-0.05, 0) is 19.1 Å². The molecule has 0 amide bonds. The minimum absolute atomic E-state index is 0.0793. The van der Waals surface area contributed by atoms with Crippen molar-refractivity contribution in [2.45, 2.75) is 19.4 Å². The largest absolute Gasteiger partial charge is 0.479 e. The monoisotopic (exact) mass is 204 g/mol. The normalized spacial score (nSPS) is 24.9. The average molecular weight is 204 g/mol. The van der Waals surface area contributed by atoms with Crippen molar-refractivity contribution in [2.24, 2.45) is 0 Å². The molecule has 0 aromatic heterocycles. The Balaban J connectivity index is 2.60. The maximum absolute atomic E-state index is 11.5. The summed E-state index contributed by atoms with van der Waals surface area (Å²) in [5.41, 5.74) is 0.440. The van der Waals surface area contributed by atoms with Crippen molar-refractivity contribution in [3.05, 3.63) is 29.1 Å². The van der Waals surface area contributed by atoms with Gasteiger partial charge in [0.2, 0.25) is 5.76 Å². The number of rotatable bonds is 0. The van der Waals surface area contributed by atoms with Gasteiger partial charge in [-0.25, -0.2) is 4.79 Å². The summed E-state index contributed by atoms with van der Waals surface area (Å²) in [7, 11) is 0. The fourth-order valence-electron chi connectivity index (χ4n) is 1.72. The summed E-state index contributed by atoms with van der Waals surface area (Å²) in [5.74, 6) is 0.822. The molecule has 0 saturated heterocycles. The fourth-order valence-corrected chi connectivity index (χ4v) is 1.72. The molecule has 2 rings (SSSR count). The number of carbonyl (C=O) groups is 2. The quantitative estimate of drug-likeness (QED) is 0.426. The summed E-state index contributed by atoms with van der Waals surface area (Å²) >= 11 is 0. The third-order valence-electron chi connectivity index (χ3n) is 2.36. The average Bonchev–Trinajstić information content (AvgIpc) is 2.22. The van der Waals surface area contributed by atoms with Crippen molar-refractivity contribution in [1.82, 2.24) is 0 Å². The van der Waals surface area contributed by atoms with Crippen LogP contribution in [0, 0.1) is 0 Å². The van der Waals surface area contributed by atoms with Gasteiger partial charge in [-0.3, -0.25) is 9.59 Å². The first-order valence-electron chi connectivity index (χ1n) is 4.55. The molecule has 1 unspecified atom stereocenters. The highest BCUT2D eigenvalue weighted by Gasteiger charge is 2.33. The van der Waals surface area contributed by atoms with Crippen LogP contribution in [0.25, 0.3) is 0 Å².